The van der Waals surface area contributed by atoms with Gasteiger partial charge in [-0.05, 0) is 72.9 Å². The van der Waals surface area contributed by atoms with Crippen LogP contribution in [-0.2, 0) is 0 Å². The molecule has 1 aromatic carbocycles. The molecule has 1 aliphatic rings. The van der Waals surface area contributed by atoms with Crippen molar-refractivity contribution >= 4 is 34.6 Å². The van der Waals surface area contributed by atoms with E-state index in [0.717, 1.165) is 22.9 Å². The largest absolute Gasteiger partial charge is 0.508 e. The maximum atomic E-state index is 9.76. The van der Waals surface area contributed by atoms with Gasteiger partial charge in [-0.2, -0.15) is 0 Å². The summed E-state index contributed by atoms with van der Waals surface area (Å²) >= 11 is 11.8. The Hall–Kier alpha value is -3.42. The summed E-state index contributed by atoms with van der Waals surface area (Å²) in [5, 5.41) is 14.4. The van der Waals surface area contributed by atoms with Gasteiger partial charge in [0, 0.05) is 30.0 Å². The number of benzene rings is 1. The van der Waals surface area contributed by atoms with Crippen LogP contribution < -0.4 is 10.2 Å². The van der Waals surface area contributed by atoms with Gasteiger partial charge in [-0.25, -0.2) is 4.98 Å². The normalized spacial score (nSPS) is 18.2. The molecule has 31 heavy (non-hydrogen) atoms. The third-order valence-electron chi connectivity index (χ3n) is 5.27. The number of hydrogen-bond acceptors (Lipinski definition) is 4. The zero-order valence-corrected chi connectivity index (χ0v) is 17.8. The predicted octanol–water partition coefficient (Wildman–Crippen LogP) is 4.80. The number of rotatable bonds is 4. The molecule has 6 nitrogen and oxygen atoms in total. The van der Waals surface area contributed by atoms with Gasteiger partial charge in [0.05, 0.1) is 16.8 Å². The molecule has 8 heteroatoms. The van der Waals surface area contributed by atoms with Gasteiger partial charge in [-0.3, -0.25) is 4.98 Å². The van der Waals surface area contributed by atoms with Gasteiger partial charge in [0.15, 0.2) is 5.11 Å². The molecule has 0 spiro atoms. The van der Waals surface area contributed by atoms with E-state index >= 15 is 0 Å². The maximum absolute atomic E-state index is 9.76. The summed E-state index contributed by atoms with van der Waals surface area (Å²) < 4.78 is 2.03. The summed E-state index contributed by atoms with van der Waals surface area (Å²) in [6, 6.07) is 20.2. The zero-order chi connectivity index (χ0) is 21.4. The van der Waals surface area contributed by atoms with Crippen molar-refractivity contribution in [1.82, 2.24) is 19.9 Å². The Kier molecular flexibility index (Phi) is 5.05. The van der Waals surface area contributed by atoms with Gasteiger partial charge in [-0.1, -0.05) is 17.7 Å². The monoisotopic (exact) mass is 447 g/mol. The fourth-order valence-electron chi connectivity index (χ4n) is 3.90. The second-order valence-electron chi connectivity index (χ2n) is 7.15. The lowest BCUT2D eigenvalue weighted by Gasteiger charge is -2.28. The number of aromatic nitrogens is 3. The van der Waals surface area contributed by atoms with Crippen LogP contribution in [0.4, 0.5) is 5.69 Å². The van der Waals surface area contributed by atoms with Crippen molar-refractivity contribution < 1.29 is 5.11 Å². The molecule has 4 aromatic rings. The van der Waals surface area contributed by atoms with Crippen LogP contribution in [-0.4, -0.2) is 24.8 Å². The van der Waals surface area contributed by atoms with E-state index in [4.69, 9.17) is 23.8 Å². The summed E-state index contributed by atoms with van der Waals surface area (Å²) in [4.78, 5) is 11.1. The predicted molar refractivity (Wildman–Crippen MR) is 125 cm³/mol. The highest BCUT2D eigenvalue weighted by atomic mass is 35.5. The van der Waals surface area contributed by atoms with Crippen molar-refractivity contribution in [2.45, 2.75) is 12.1 Å². The molecule has 0 radical (unpaired) electrons. The minimum Gasteiger partial charge on any atom is -0.508 e. The van der Waals surface area contributed by atoms with E-state index in [1.54, 1.807) is 24.5 Å². The minimum absolute atomic E-state index is 0.177. The Labute approximate surface area is 189 Å². The molecule has 0 saturated carbocycles. The van der Waals surface area contributed by atoms with Gasteiger partial charge in [0.25, 0.3) is 0 Å². The molecule has 0 amide bonds. The Balaban J connectivity index is 1.66. The highest BCUT2D eigenvalue weighted by Gasteiger charge is 2.42. The fourth-order valence-corrected chi connectivity index (χ4v) is 4.36. The summed E-state index contributed by atoms with van der Waals surface area (Å²) in [5.41, 5.74) is 2.74. The van der Waals surface area contributed by atoms with Crippen molar-refractivity contribution in [2.24, 2.45) is 0 Å². The standard InChI is InChI=1S/C23H18ClN5OS/c24-15-6-11-20(26-14-15)28-13-3-5-19(28)22-21(18-4-1-2-12-25-18)27-23(31)29(22)16-7-9-17(30)10-8-16/h1-14,21-22,30H,(H,27,31)/t21-,22-/m0/s1. The Morgan fingerprint density at radius 1 is 0.968 bits per heavy atom. The van der Waals surface area contributed by atoms with Crippen LogP contribution in [0.15, 0.2) is 85.3 Å². The number of hydrogen-bond donors (Lipinski definition) is 2. The van der Waals surface area contributed by atoms with Gasteiger partial charge < -0.3 is 19.9 Å². The first-order valence-electron chi connectivity index (χ1n) is 9.71. The van der Waals surface area contributed by atoms with Crippen molar-refractivity contribution in [1.29, 1.82) is 0 Å². The SMILES string of the molecule is Oc1ccc(N2C(=S)N[C@@H](c3ccccn3)[C@@H]2c2cccn2-c2ccc(Cl)cn2)cc1. The second-order valence-corrected chi connectivity index (χ2v) is 7.97. The van der Waals surface area contributed by atoms with Crippen LogP contribution >= 0.6 is 23.8 Å². The summed E-state index contributed by atoms with van der Waals surface area (Å²) in [6.45, 7) is 0. The number of nitrogens with one attached hydrogen (secondary N) is 1. The van der Waals surface area contributed by atoms with Crippen LogP contribution in [0.1, 0.15) is 23.5 Å². The summed E-state index contributed by atoms with van der Waals surface area (Å²) in [6.07, 6.45) is 5.38. The molecular formula is C23H18ClN5OS. The van der Waals surface area contributed by atoms with E-state index in [9.17, 15) is 5.11 Å². The number of anilines is 1. The van der Waals surface area contributed by atoms with Crippen molar-refractivity contribution in [3.63, 3.8) is 0 Å². The van der Waals surface area contributed by atoms with E-state index < -0.39 is 0 Å². The topological polar surface area (TPSA) is 66.2 Å². The number of phenolic OH excluding ortho intramolecular Hbond substituents is 1. The van der Waals surface area contributed by atoms with Crippen LogP contribution in [0.2, 0.25) is 5.02 Å². The highest BCUT2D eigenvalue weighted by Crippen LogP contribution is 2.42. The van der Waals surface area contributed by atoms with Gasteiger partial charge >= 0.3 is 0 Å². The average molecular weight is 448 g/mol. The lowest BCUT2D eigenvalue weighted by Crippen LogP contribution is -2.30. The van der Waals surface area contributed by atoms with Gasteiger partial charge in [0.2, 0.25) is 0 Å². The first kappa shape index (κ1) is 19.5. The maximum Gasteiger partial charge on any atom is 0.174 e. The number of halogens is 1. The van der Waals surface area contributed by atoms with Crippen molar-refractivity contribution in [2.75, 3.05) is 4.90 Å². The number of nitrogens with zero attached hydrogens (tertiary/aromatic N) is 4. The molecule has 5 rings (SSSR count). The molecule has 154 valence electrons. The lowest BCUT2D eigenvalue weighted by molar-refractivity contribution is 0.475. The van der Waals surface area contributed by atoms with Crippen LogP contribution in [0.25, 0.3) is 5.82 Å². The first-order chi connectivity index (χ1) is 15.1. The van der Waals surface area contributed by atoms with Crippen LogP contribution in [0.5, 0.6) is 5.75 Å². The van der Waals surface area contributed by atoms with E-state index in [0.29, 0.717) is 10.1 Å². The molecule has 3 aromatic heterocycles. The van der Waals surface area contributed by atoms with E-state index in [-0.39, 0.29) is 17.8 Å². The summed E-state index contributed by atoms with van der Waals surface area (Å²) in [7, 11) is 0. The zero-order valence-electron chi connectivity index (χ0n) is 16.3. The number of aromatic hydroxyl groups is 1. The van der Waals surface area contributed by atoms with E-state index in [2.05, 4.69) is 26.3 Å². The Morgan fingerprint density at radius 2 is 1.81 bits per heavy atom. The van der Waals surface area contributed by atoms with Gasteiger partial charge in [-0.15, -0.1) is 0 Å². The third-order valence-corrected chi connectivity index (χ3v) is 5.81. The Bertz CT molecular complexity index is 1210. The third kappa shape index (κ3) is 3.62. The fraction of sp³-hybridized carbons (Fsp3) is 0.0870. The average Bonchev–Trinajstić information content (AvgIpc) is 3.40. The van der Waals surface area contributed by atoms with Crippen molar-refractivity contribution in [3.05, 3.63) is 102 Å². The quantitative estimate of drug-likeness (QED) is 0.438. The molecule has 4 heterocycles. The smallest absolute Gasteiger partial charge is 0.174 e. The molecular weight excluding hydrogens is 430 g/mol. The number of pyridine rings is 2. The molecule has 1 fully saturated rings. The molecule has 0 bridgehead atoms. The first-order valence-corrected chi connectivity index (χ1v) is 10.5. The van der Waals surface area contributed by atoms with E-state index in [1.807, 2.05) is 59.3 Å². The van der Waals surface area contributed by atoms with Crippen LogP contribution in [0, 0.1) is 0 Å². The molecule has 0 unspecified atom stereocenters. The Morgan fingerprint density at radius 3 is 2.52 bits per heavy atom. The molecule has 0 aliphatic carbocycles. The van der Waals surface area contributed by atoms with Crippen LogP contribution in [0.3, 0.4) is 0 Å². The molecule has 1 saturated heterocycles. The van der Waals surface area contributed by atoms with Gasteiger partial charge in [0.1, 0.15) is 17.6 Å². The summed E-state index contributed by atoms with van der Waals surface area (Å²) in [5.74, 6) is 0.959. The number of phenols is 1. The molecule has 1 aliphatic heterocycles. The molecule has 2 N–H and O–H groups in total. The highest BCUT2D eigenvalue weighted by molar-refractivity contribution is 7.80. The van der Waals surface area contributed by atoms with E-state index in [1.165, 1.54) is 0 Å². The second kappa shape index (κ2) is 8.02. The number of thiocarbonyl (C=S) groups is 1. The molecule has 2 atom stereocenters. The lowest BCUT2D eigenvalue weighted by atomic mass is 10.0. The van der Waals surface area contributed by atoms with Crippen molar-refractivity contribution in [3.8, 4) is 11.6 Å². The minimum atomic E-state index is -0.195.